The molecule has 5 aromatic rings. The first-order valence-corrected chi connectivity index (χ1v) is 8.73. The standard InChI is InChI=1S/C25H19NO/c1-17-10-11-20-21-8-5-9-22(25(21)27-24(20)14-17)23-16-19(12-13-26-23)15-18-6-3-2-4-7-18/h2-14,16H,15H2,1H3/i1D3,15D2. The summed E-state index contributed by atoms with van der Waals surface area (Å²) in [6.07, 6.45) is -0.0883. The molecule has 2 heterocycles. The average Bonchev–Trinajstić information content (AvgIpc) is 3.17. The van der Waals surface area contributed by atoms with Crippen LogP contribution in [0.3, 0.4) is 0 Å². The molecule has 0 bridgehead atoms. The number of aromatic nitrogens is 1. The number of hydrogen-bond acceptors (Lipinski definition) is 2. The number of rotatable bonds is 3. The normalized spacial score (nSPS) is 15.0. The zero-order valence-electron chi connectivity index (χ0n) is 19.4. The Bertz CT molecular complexity index is 1440. The van der Waals surface area contributed by atoms with Crippen molar-refractivity contribution in [2.24, 2.45) is 0 Å². The molecule has 0 aliphatic heterocycles. The van der Waals surface area contributed by atoms with Gasteiger partial charge in [0, 0.05) is 29.4 Å². The number of fused-ring (bicyclic) bond motifs is 3. The highest BCUT2D eigenvalue weighted by Gasteiger charge is 2.13. The van der Waals surface area contributed by atoms with Gasteiger partial charge in [0.15, 0.2) is 0 Å². The van der Waals surface area contributed by atoms with Crippen molar-refractivity contribution in [2.75, 3.05) is 0 Å². The van der Waals surface area contributed by atoms with E-state index in [1.165, 1.54) is 0 Å². The second-order valence-electron chi connectivity index (χ2n) is 6.42. The van der Waals surface area contributed by atoms with Crippen LogP contribution in [0.15, 0.2) is 89.5 Å². The fourth-order valence-corrected chi connectivity index (χ4v) is 3.34. The number of hydrogen-bond donors (Lipinski definition) is 0. The van der Waals surface area contributed by atoms with Gasteiger partial charge in [0.25, 0.3) is 0 Å². The van der Waals surface area contributed by atoms with E-state index in [4.69, 9.17) is 11.3 Å². The first kappa shape index (κ1) is 11.3. The molecule has 0 atom stereocenters. The molecule has 0 saturated carbocycles. The molecule has 130 valence electrons. The van der Waals surface area contributed by atoms with Crippen molar-refractivity contribution in [3.63, 3.8) is 0 Å². The summed E-state index contributed by atoms with van der Waals surface area (Å²) in [5, 5.41) is 1.68. The second-order valence-corrected chi connectivity index (χ2v) is 6.42. The summed E-state index contributed by atoms with van der Waals surface area (Å²) in [4.78, 5) is 4.48. The molecule has 0 saturated heterocycles. The van der Waals surface area contributed by atoms with Gasteiger partial charge in [0.1, 0.15) is 11.2 Å². The smallest absolute Gasteiger partial charge is 0.144 e. The average molecular weight is 354 g/mol. The van der Waals surface area contributed by atoms with Crippen LogP contribution in [-0.2, 0) is 6.37 Å². The van der Waals surface area contributed by atoms with Gasteiger partial charge in [-0.25, -0.2) is 0 Å². The highest BCUT2D eigenvalue weighted by Crippen LogP contribution is 2.35. The number of para-hydroxylation sites is 1. The van der Waals surface area contributed by atoms with E-state index in [1.807, 2.05) is 36.4 Å². The Morgan fingerprint density at radius 3 is 2.70 bits per heavy atom. The Morgan fingerprint density at radius 2 is 1.81 bits per heavy atom. The van der Waals surface area contributed by atoms with Gasteiger partial charge in [-0.2, -0.15) is 0 Å². The van der Waals surface area contributed by atoms with E-state index >= 15 is 0 Å². The molecule has 2 nitrogen and oxygen atoms in total. The minimum Gasteiger partial charge on any atom is -0.455 e. The summed E-state index contributed by atoms with van der Waals surface area (Å²) in [5.74, 6) is 0. The summed E-state index contributed by atoms with van der Waals surface area (Å²) >= 11 is 0. The van der Waals surface area contributed by atoms with Crippen LogP contribution in [0.4, 0.5) is 0 Å². The van der Waals surface area contributed by atoms with Crippen molar-refractivity contribution < 1.29 is 11.3 Å². The molecule has 0 unspecified atom stereocenters. The number of benzene rings is 3. The molecule has 0 fully saturated rings. The maximum Gasteiger partial charge on any atom is 0.144 e. The summed E-state index contributed by atoms with van der Waals surface area (Å²) in [5.41, 5.74) is 3.68. The Balaban J connectivity index is 1.66. The quantitative estimate of drug-likeness (QED) is 0.367. The summed E-state index contributed by atoms with van der Waals surface area (Å²) in [6.45, 7) is -2.21. The topological polar surface area (TPSA) is 26.0 Å². The SMILES string of the molecule is [2H]C([2H])([2H])c1ccc2c(c1)oc1c(-c3cc(C([2H])([2H])c4ccccc4)ccn3)cccc12. The van der Waals surface area contributed by atoms with Crippen LogP contribution in [0.1, 0.15) is 23.5 Å². The van der Waals surface area contributed by atoms with Crippen molar-refractivity contribution in [1.82, 2.24) is 4.98 Å². The van der Waals surface area contributed by atoms with Crippen molar-refractivity contribution in [3.05, 3.63) is 102 Å². The summed E-state index contributed by atoms with van der Waals surface area (Å²) < 4.78 is 46.4. The minimum absolute atomic E-state index is 0.224. The van der Waals surface area contributed by atoms with Gasteiger partial charge in [-0.3, -0.25) is 4.98 Å². The third-order valence-electron chi connectivity index (χ3n) is 4.60. The lowest BCUT2D eigenvalue weighted by atomic mass is 10.0. The van der Waals surface area contributed by atoms with Crippen LogP contribution >= 0.6 is 0 Å². The molecule has 27 heavy (non-hydrogen) atoms. The molecule has 2 aromatic heterocycles. The van der Waals surface area contributed by atoms with Crippen LogP contribution < -0.4 is 0 Å². The summed E-state index contributed by atoms with van der Waals surface area (Å²) in [7, 11) is 0. The fourth-order valence-electron chi connectivity index (χ4n) is 3.34. The first-order chi connectivity index (χ1) is 15.2. The van der Waals surface area contributed by atoms with Gasteiger partial charge < -0.3 is 4.42 Å². The van der Waals surface area contributed by atoms with Crippen molar-refractivity contribution in [3.8, 4) is 11.3 Å². The third-order valence-corrected chi connectivity index (χ3v) is 4.60. The van der Waals surface area contributed by atoms with Crippen molar-refractivity contribution >= 4 is 21.9 Å². The van der Waals surface area contributed by atoms with E-state index in [9.17, 15) is 0 Å². The predicted molar refractivity (Wildman–Crippen MR) is 111 cm³/mol. The van der Waals surface area contributed by atoms with Crippen LogP contribution in [-0.4, -0.2) is 4.98 Å². The van der Waals surface area contributed by atoms with Gasteiger partial charge in [-0.15, -0.1) is 0 Å². The maximum atomic E-state index is 8.66. The van der Waals surface area contributed by atoms with Gasteiger partial charge in [0.2, 0.25) is 0 Å². The number of furan rings is 1. The molecule has 0 amide bonds. The van der Waals surface area contributed by atoms with Gasteiger partial charge in [0.05, 0.1) is 5.69 Å². The zero-order valence-corrected chi connectivity index (χ0v) is 14.4. The van der Waals surface area contributed by atoms with E-state index in [1.54, 1.807) is 48.7 Å². The number of aryl methyl sites for hydroxylation is 1. The Hall–Kier alpha value is -3.39. The van der Waals surface area contributed by atoms with Gasteiger partial charge >= 0.3 is 0 Å². The van der Waals surface area contributed by atoms with Crippen molar-refractivity contribution in [2.45, 2.75) is 13.2 Å². The monoisotopic (exact) mass is 354 g/mol. The van der Waals surface area contributed by atoms with Gasteiger partial charge in [-0.05, 0) is 54.2 Å². The fraction of sp³-hybridized carbons (Fsp3) is 0.0800. The molecule has 2 heteroatoms. The number of nitrogens with zero attached hydrogens (tertiary/aromatic N) is 1. The lowest BCUT2D eigenvalue weighted by molar-refractivity contribution is 0.669. The molecule has 0 aliphatic carbocycles. The zero-order chi connectivity index (χ0) is 22.5. The lowest BCUT2D eigenvalue weighted by Gasteiger charge is -2.06. The Kier molecular flexibility index (Phi) is 2.69. The van der Waals surface area contributed by atoms with Crippen LogP contribution in [0.5, 0.6) is 0 Å². The Morgan fingerprint density at radius 1 is 0.889 bits per heavy atom. The predicted octanol–water partition coefficient (Wildman–Crippen LogP) is 6.55. The highest BCUT2D eigenvalue weighted by atomic mass is 16.3. The first-order valence-electron chi connectivity index (χ1n) is 11.2. The maximum absolute atomic E-state index is 8.66. The van der Waals surface area contributed by atoms with Crippen LogP contribution in [0, 0.1) is 6.85 Å². The lowest BCUT2D eigenvalue weighted by Crippen LogP contribution is -1.91. The largest absolute Gasteiger partial charge is 0.455 e. The van der Waals surface area contributed by atoms with E-state index in [2.05, 4.69) is 4.98 Å². The van der Waals surface area contributed by atoms with Crippen LogP contribution in [0.25, 0.3) is 33.2 Å². The van der Waals surface area contributed by atoms with Crippen molar-refractivity contribution in [1.29, 1.82) is 0 Å². The third kappa shape index (κ3) is 2.89. The molecule has 3 aromatic carbocycles. The van der Waals surface area contributed by atoms with Crippen LogP contribution in [0.2, 0.25) is 0 Å². The molecular formula is C25H19NO. The minimum atomic E-state index is -2.21. The Labute approximate surface area is 165 Å². The molecular weight excluding hydrogens is 330 g/mol. The number of pyridine rings is 1. The second kappa shape index (κ2) is 6.40. The molecule has 5 rings (SSSR count). The molecule has 0 N–H and O–H groups in total. The highest BCUT2D eigenvalue weighted by molar-refractivity contribution is 6.09. The van der Waals surface area contributed by atoms with E-state index in [0.29, 0.717) is 28.0 Å². The summed E-state index contributed by atoms with van der Waals surface area (Å²) in [6, 6.07) is 23.1. The molecule has 0 aliphatic rings. The van der Waals surface area contributed by atoms with E-state index in [-0.39, 0.29) is 5.56 Å². The van der Waals surface area contributed by atoms with E-state index < -0.39 is 13.2 Å². The van der Waals surface area contributed by atoms with E-state index in [0.717, 1.165) is 16.3 Å². The molecule has 0 spiro atoms. The van der Waals surface area contributed by atoms with Gasteiger partial charge in [-0.1, -0.05) is 54.6 Å². The molecule has 0 radical (unpaired) electrons.